The smallest absolute Gasteiger partial charge is 0.408 e. The molecule has 19 heavy (non-hydrogen) atoms. The van der Waals surface area contributed by atoms with E-state index >= 15 is 0 Å². The van der Waals surface area contributed by atoms with Crippen molar-refractivity contribution in [1.82, 2.24) is 10.6 Å². The largest absolute Gasteiger partial charge is 0.461 e. The van der Waals surface area contributed by atoms with Crippen LogP contribution in [0.5, 0.6) is 0 Å². The summed E-state index contributed by atoms with van der Waals surface area (Å²) in [4.78, 5) is 23.3. The van der Waals surface area contributed by atoms with Gasteiger partial charge in [-0.1, -0.05) is 0 Å². The molecule has 110 valence electrons. The minimum absolute atomic E-state index is 0.0587. The SMILES string of the molecule is C[C@H](NC(=O)OC(C)(C)C)C(=O)OC1CCNCC1. The molecule has 0 spiro atoms. The van der Waals surface area contributed by atoms with Gasteiger partial charge in [0, 0.05) is 0 Å². The lowest BCUT2D eigenvalue weighted by molar-refractivity contribution is -0.152. The average Bonchev–Trinajstić information content (AvgIpc) is 2.27. The third kappa shape index (κ3) is 6.42. The fourth-order valence-electron chi connectivity index (χ4n) is 1.72. The fourth-order valence-corrected chi connectivity index (χ4v) is 1.72. The maximum atomic E-state index is 11.8. The highest BCUT2D eigenvalue weighted by molar-refractivity contribution is 5.81. The van der Waals surface area contributed by atoms with E-state index in [0.29, 0.717) is 0 Å². The number of carbonyl (C=O) groups excluding carboxylic acids is 2. The average molecular weight is 272 g/mol. The number of nitrogens with one attached hydrogen (secondary N) is 2. The van der Waals surface area contributed by atoms with Gasteiger partial charge >= 0.3 is 12.1 Å². The molecular weight excluding hydrogens is 248 g/mol. The predicted octanol–water partition coefficient (Wildman–Crippen LogP) is 1.19. The first-order valence-corrected chi connectivity index (χ1v) is 6.68. The Kier molecular flexibility index (Phi) is 5.60. The van der Waals surface area contributed by atoms with Gasteiger partial charge in [0.15, 0.2) is 0 Å². The number of rotatable bonds is 3. The quantitative estimate of drug-likeness (QED) is 0.755. The molecule has 1 atom stereocenters. The van der Waals surface area contributed by atoms with E-state index in [4.69, 9.17) is 9.47 Å². The monoisotopic (exact) mass is 272 g/mol. The molecule has 1 fully saturated rings. The molecule has 6 heteroatoms. The number of alkyl carbamates (subject to hydrolysis) is 1. The summed E-state index contributed by atoms with van der Waals surface area (Å²) in [5.41, 5.74) is -0.581. The molecule has 1 amide bonds. The van der Waals surface area contributed by atoms with Gasteiger partial charge in [-0.3, -0.25) is 0 Å². The molecule has 1 aliphatic heterocycles. The topological polar surface area (TPSA) is 76.7 Å². The molecule has 0 aromatic carbocycles. The van der Waals surface area contributed by atoms with Crippen molar-refractivity contribution < 1.29 is 19.1 Å². The molecule has 2 N–H and O–H groups in total. The van der Waals surface area contributed by atoms with E-state index in [9.17, 15) is 9.59 Å². The Balaban J connectivity index is 2.33. The first-order valence-electron chi connectivity index (χ1n) is 6.68. The zero-order valence-corrected chi connectivity index (χ0v) is 12.1. The number of carbonyl (C=O) groups is 2. The molecule has 1 aliphatic rings. The number of hydrogen-bond acceptors (Lipinski definition) is 5. The van der Waals surface area contributed by atoms with Gasteiger partial charge in [0.05, 0.1) is 0 Å². The molecule has 1 saturated heterocycles. The highest BCUT2D eigenvalue weighted by atomic mass is 16.6. The van der Waals surface area contributed by atoms with E-state index in [-0.39, 0.29) is 6.10 Å². The molecule has 6 nitrogen and oxygen atoms in total. The zero-order chi connectivity index (χ0) is 14.5. The number of hydrogen-bond donors (Lipinski definition) is 2. The Morgan fingerprint density at radius 3 is 2.37 bits per heavy atom. The van der Waals surface area contributed by atoms with Crippen LogP contribution in [0.15, 0.2) is 0 Å². The van der Waals surface area contributed by atoms with Crippen LogP contribution in [0.25, 0.3) is 0 Å². The summed E-state index contributed by atoms with van der Waals surface area (Å²) in [5, 5.41) is 5.67. The van der Waals surface area contributed by atoms with Crippen molar-refractivity contribution in [2.24, 2.45) is 0 Å². The Bertz CT molecular complexity index is 319. The second-order valence-electron chi connectivity index (χ2n) is 5.75. The van der Waals surface area contributed by atoms with Crippen molar-refractivity contribution in [3.05, 3.63) is 0 Å². The summed E-state index contributed by atoms with van der Waals surface area (Å²) in [6.07, 6.45) is 0.953. The number of piperidine rings is 1. The van der Waals surface area contributed by atoms with Gasteiger partial charge in [-0.2, -0.15) is 0 Å². The Hall–Kier alpha value is -1.30. The van der Waals surface area contributed by atoms with Crippen LogP contribution in [0.1, 0.15) is 40.5 Å². The van der Waals surface area contributed by atoms with Crippen molar-refractivity contribution in [1.29, 1.82) is 0 Å². The summed E-state index contributed by atoms with van der Waals surface area (Å²) in [6.45, 7) is 8.60. The van der Waals surface area contributed by atoms with Gasteiger partial charge in [-0.25, -0.2) is 9.59 Å². The van der Waals surface area contributed by atoms with Crippen molar-refractivity contribution in [2.45, 2.75) is 58.3 Å². The van der Waals surface area contributed by atoms with Gasteiger partial charge in [0.2, 0.25) is 0 Å². The van der Waals surface area contributed by atoms with Gasteiger partial charge in [0.25, 0.3) is 0 Å². The van der Waals surface area contributed by atoms with E-state index in [1.54, 1.807) is 27.7 Å². The van der Waals surface area contributed by atoms with Crippen LogP contribution < -0.4 is 10.6 Å². The molecule has 0 aliphatic carbocycles. The van der Waals surface area contributed by atoms with Crippen LogP contribution in [0, 0.1) is 0 Å². The standard InChI is InChI=1S/C13H24N2O4/c1-9(15-12(17)19-13(2,3)4)11(16)18-10-5-7-14-8-6-10/h9-10,14H,5-8H2,1-4H3,(H,15,17)/t9-/m0/s1. The van der Waals surface area contributed by atoms with Crippen LogP contribution >= 0.6 is 0 Å². The van der Waals surface area contributed by atoms with Gasteiger partial charge in [0.1, 0.15) is 17.7 Å². The lowest BCUT2D eigenvalue weighted by atomic mass is 10.1. The lowest BCUT2D eigenvalue weighted by Gasteiger charge is -2.25. The molecule has 0 saturated carbocycles. The first-order chi connectivity index (χ1) is 8.78. The van der Waals surface area contributed by atoms with E-state index in [1.165, 1.54) is 0 Å². The Morgan fingerprint density at radius 1 is 1.26 bits per heavy atom. The summed E-state index contributed by atoms with van der Waals surface area (Å²) in [5.74, 6) is -0.419. The summed E-state index contributed by atoms with van der Waals surface area (Å²) >= 11 is 0. The van der Waals surface area contributed by atoms with Crippen LogP contribution in [0.3, 0.4) is 0 Å². The van der Waals surface area contributed by atoms with E-state index in [0.717, 1.165) is 25.9 Å². The third-order valence-electron chi connectivity index (χ3n) is 2.66. The molecule has 0 aromatic heterocycles. The Labute approximate surface area is 114 Å². The molecule has 0 unspecified atom stereocenters. The second-order valence-corrected chi connectivity index (χ2v) is 5.75. The maximum absolute atomic E-state index is 11.8. The zero-order valence-electron chi connectivity index (χ0n) is 12.1. The number of ether oxygens (including phenoxy) is 2. The van der Waals surface area contributed by atoms with Gasteiger partial charge in [-0.15, -0.1) is 0 Å². The minimum atomic E-state index is -0.704. The highest BCUT2D eigenvalue weighted by Crippen LogP contribution is 2.09. The van der Waals surface area contributed by atoms with E-state index in [2.05, 4.69) is 10.6 Å². The molecule has 1 heterocycles. The molecule has 0 radical (unpaired) electrons. The Morgan fingerprint density at radius 2 is 1.84 bits per heavy atom. The van der Waals surface area contributed by atoms with Crippen LogP contribution in [-0.4, -0.2) is 42.9 Å². The van der Waals surface area contributed by atoms with E-state index in [1.807, 2.05) is 0 Å². The van der Waals surface area contributed by atoms with Crippen molar-refractivity contribution in [2.75, 3.05) is 13.1 Å². The van der Waals surface area contributed by atoms with Gasteiger partial charge < -0.3 is 20.1 Å². The number of amides is 1. The lowest BCUT2D eigenvalue weighted by Crippen LogP contribution is -2.44. The van der Waals surface area contributed by atoms with Crippen LogP contribution in [0.4, 0.5) is 4.79 Å². The normalized spacial score (nSPS) is 18.5. The van der Waals surface area contributed by atoms with Crippen molar-refractivity contribution in [3.63, 3.8) is 0 Å². The summed E-state index contributed by atoms with van der Waals surface area (Å²) in [7, 11) is 0. The van der Waals surface area contributed by atoms with Crippen LogP contribution in [-0.2, 0) is 14.3 Å². The second kappa shape index (κ2) is 6.75. The fraction of sp³-hybridized carbons (Fsp3) is 0.846. The number of esters is 1. The van der Waals surface area contributed by atoms with Crippen molar-refractivity contribution in [3.8, 4) is 0 Å². The third-order valence-corrected chi connectivity index (χ3v) is 2.66. The molecule has 1 rings (SSSR count). The van der Waals surface area contributed by atoms with Gasteiger partial charge in [-0.05, 0) is 53.6 Å². The minimum Gasteiger partial charge on any atom is -0.461 e. The molecule has 0 aromatic rings. The maximum Gasteiger partial charge on any atom is 0.408 e. The molecular formula is C13H24N2O4. The summed E-state index contributed by atoms with van der Waals surface area (Å²) in [6, 6.07) is -0.704. The van der Waals surface area contributed by atoms with E-state index < -0.39 is 23.7 Å². The van der Waals surface area contributed by atoms with Crippen LogP contribution in [0.2, 0.25) is 0 Å². The summed E-state index contributed by atoms with van der Waals surface area (Å²) < 4.78 is 10.4. The highest BCUT2D eigenvalue weighted by Gasteiger charge is 2.24. The van der Waals surface area contributed by atoms with Crippen molar-refractivity contribution >= 4 is 12.1 Å². The predicted molar refractivity (Wildman–Crippen MR) is 70.8 cm³/mol. The first kappa shape index (κ1) is 15.8. The molecule has 0 bridgehead atoms.